The highest BCUT2D eigenvalue weighted by Crippen LogP contribution is 2.17. The van der Waals surface area contributed by atoms with Crippen LogP contribution in [0.3, 0.4) is 0 Å². The van der Waals surface area contributed by atoms with Crippen LogP contribution in [0.5, 0.6) is 5.75 Å². The molecule has 0 unspecified atom stereocenters. The van der Waals surface area contributed by atoms with Crippen molar-refractivity contribution in [2.45, 2.75) is 12.8 Å². The molecule has 17 heavy (non-hydrogen) atoms. The van der Waals surface area contributed by atoms with Crippen LogP contribution in [0.2, 0.25) is 0 Å². The molecule has 0 saturated carbocycles. The summed E-state index contributed by atoms with van der Waals surface area (Å²) in [6, 6.07) is 17.3. The van der Waals surface area contributed by atoms with Gasteiger partial charge in [0, 0.05) is 0 Å². The van der Waals surface area contributed by atoms with E-state index in [1.165, 1.54) is 24.0 Å². The third-order valence-electron chi connectivity index (χ3n) is 2.69. The van der Waals surface area contributed by atoms with Crippen LogP contribution in [0.1, 0.15) is 17.5 Å². The van der Waals surface area contributed by atoms with E-state index in [1.54, 1.807) is 24.3 Å². The Balaban J connectivity index is 0.000000136. The maximum Gasteiger partial charge on any atom is 0.115 e. The van der Waals surface area contributed by atoms with Gasteiger partial charge in [0.15, 0.2) is 0 Å². The average Bonchev–Trinajstić information content (AvgIpc) is 2.41. The molecular formula is C16H16O. The molecule has 2 aromatic carbocycles. The van der Waals surface area contributed by atoms with Gasteiger partial charge in [-0.3, -0.25) is 0 Å². The summed E-state index contributed by atoms with van der Waals surface area (Å²) < 4.78 is 0. The Morgan fingerprint density at radius 2 is 1.53 bits per heavy atom. The first kappa shape index (κ1) is 11.5. The van der Waals surface area contributed by atoms with Gasteiger partial charge in [-0.1, -0.05) is 54.6 Å². The Bertz CT molecular complexity index is 486. The minimum absolute atomic E-state index is 0.322. The topological polar surface area (TPSA) is 20.2 Å². The van der Waals surface area contributed by atoms with Gasteiger partial charge in [0.05, 0.1) is 0 Å². The lowest BCUT2D eigenvalue weighted by atomic mass is 9.98. The SMILES string of the molecule is C1=Cc2ccccc2CC1.Oc1ccccc1. The van der Waals surface area contributed by atoms with Crippen molar-refractivity contribution in [2.75, 3.05) is 0 Å². The Hall–Kier alpha value is -2.02. The van der Waals surface area contributed by atoms with Gasteiger partial charge >= 0.3 is 0 Å². The van der Waals surface area contributed by atoms with E-state index in [4.69, 9.17) is 5.11 Å². The number of hydrogen-bond donors (Lipinski definition) is 1. The lowest BCUT2D eigenvalue weighted by Gasteiger charge is -2.07. The zero-order valence-electron chi connectivity index (χ0n) is 9.71. The van der Waals surface area contributed by atoms with E-state index < -0.39 is 0 Å². The van der Waals surface area contributed by atoms with Crippen molar-refractivity contribution in [3.05, 3.63) is 71.8 Å². The zero-order chi connectivity index (χ0) is 11.9. The predicted octanol–water partition coefficient (Wildman–Crippen LogP) is 4.04. The van der Waals surface area contributed by atoms with Crippen molar-refractivity contribution in [3.8, 4) is 5.75 Å². The molecule has 3 rings (SSSR count). The van der Waals surface area contributed by atoms with Gasteiger partial charge < -0.3 is 5.11 Å². The summed E-state index contributed by atoms with van der Waals surface area (Å²) in [4.78, 5) is 0. The minimum atomic E-state index is 0.322. The van der Waals surface area contributed by atoms with Crippen molar-refractivity contribution >= 4 is 6.08 Å². The van der Waals surface area contributed by atoms with E-state index in [2.05, 4.69) is 36.4 Å². The second-order valence-electron chi connectivity index (χ2n) is 3.98. The van der Waals surface area contributed by atoms with E-state index in [0.29, 0.717) is 5.75 Å². The summed E-state index contributed by atoms with van der Waals surface area (Å²) >= 11 is 0. The molecule has 0 amide bonds. The molecule has 86 valence electrons. The van der Waals surface area contributed by atoms with Crippen molar-refractivity contribution in [1.82, 2.24) is 0 Å². The summed E-state index contributed by atoms with van der Waals surface area (Å²) in [7, 11) is 0. The first-order valence-corrected chi connectivity index (χ1v) is 5.85. The van der Waals surface area contributed by atoms with E-state index in [9.17, 15) is 0 Å². The van der Waals surface area contributed by atoms with Crippen LogP contribution in [0.4, 0.5) is 0 Å². The summed E-state index contributed by atoms with van der Waals surface area (Å²) in [6.45, 7) is 0. The van der Waals surface area contributed by atoms with Gasteiger partial charge in [0.2, 0.25) is 0 Å². The normalized spacial score (nSPS) is 12.2. The molecule has 1 N–H and O–H groups in total. The molecule has 1 heteroatoms. The van der Waals surface area contributed by atoms with Gasteiger partial charge in [-0.15, -0.1) is 0 Å². The van der Waals surface area contributed by atoms with Crippen LogP contribution in [-0.2, 0) is 6.42 Å². The van der Waals surface area contributed by atoms with Crippen molar-refractivity contribution < 1.29 is 5.11 Å². The Morgan fingerprint density at radius 1 is 0.824 bits per heavy atom. The highest BCUT2D eigenvalue weighted by atomic mass is 16.3. The van der Waals surface area contributed by atoms with Gasteiger partial charge in [-0.25, -0.2) is 0 Å². The number of benzene rings is 2. The lowest BCUT2D eigenvalue weighted by Crippen LogP contribution is -1.91. The van der Waals surface area contributed by atoms with E-state index in [-0.39, 0.29) is 0 Å². The Morgan fingerprint density at radius 3 is 2.18 bits per heavy atom. The first-order valence-electron chi connectivity index (χ1n) is 5.85. The Kier molecular flexibility index (Phi) is 3.98. The fraction of sp³-hybridized carbons (Fsp3) is 0.125. The van der Waals surface area contributed by atoms with Crippen molar-refractivity contribution in [2.24, 2.45) is 0 Å². The molecule has 1 aliphatic rings. The van der Waals surface area contributed by atoms with Crippen LogP contribution in [0.15, 0.2) is 60.7 Å². The highest BCUT2D eigenvalue weighted by Gasteiger charge is 2.00. The van der Waals surface area contributed by atoms with Crippen LogP contribution < -0.4 is 0 Å². The smallest absolute Gasteiger partial charge is 0.115 e. The van der Waals surface area contributed by atoms with Crippen molar-refractivity contribution in [3.63, 3.8) is 0 Å². The number of fused-ring (bicyclic) bond motifs is 1. The van der Waals surface area contributed by atoms with Crippen LogP contribution in [-0.4, -0.2) is 5.11 Å². The number of phenolic OH excluding ortho intramolecular Hbond substituents is 1. The molecule has 0 aliphatic heterocycles. The monoisotopic (exact) mass is 224 g/mol. The molecular weight excluding hydrogens is 208 g/mol. The van der Waals surface area contributed by atoms with Crippen molar-refractivity contribution in [1.29, 1.82) is 0 Å². The number of rotatable bonds is 0. The minimum Gasteiger partial charge on any atom is -0.508 e. The molecule has 0 bridgehead atoms. The number of allylic oxidation sites excluding steroid dienone is 1. The molecule has 0 heterocycles. The molecule has 1 aliphatic carbocycles. The van der Waals surface area contributed by atoms with E-state index in [0.717, 1.165) is 0 Å². The maximum absolute atomic E-state index is 8.63. The van der Waals surface area contributed by atoms with Gasteiger partial charge in [-0.05, 0) is 36.1 Å². The first-order chi connectivity index (χ1) is 8.36. The average molecular weight is 224 g/mol. The second-order valence-corrected chi connectivity index (χ2v) is 3.98. The second kappa shape index (κ2) is 5.90. The summed E-state index contributed by atoms with van der Waals surface area (Å²) in [5.41, 5.74) is 2.89. The third kappa shape index (κ3) is 3.49. The van der Waals surface area contributed by atoms with Gasteiger partial charge in [0.1, 0.15) is 5.75 Å². The molecule has 2 aromatic rings. The number of para-hydroxylation sites is 1. The molecule has 0 aromatic heterocycles. The summed E-state index contributed by atoms with van der Waals surface area (Å²) in [5, 5.41) is 8.63. The lowest BCUT2D eigenvalue weighted by molar-refractivity contribution is 0.475. The number of hydrogen-bond acceptors (Lipinski definition) is 1. The quantitative estimate of drug-likeness (QED) is 0.716. The fourth-order valence-electron chi connectivity index (χ4n) is 1.80. The third-order valence-corrected chi connectivity index (χ3v) is 2.69. The van der Waals surface area contributed by atoms with E-state index in [1.807, 2.05) is 6.07 Å². The number of aromatic hydroxyl groups is 1. The van der Waals surface area contributed by atoms with Crippen LogP contribution >= 0.6 is 0 Å². The zero-order valence-corrected chi connectivity index (χ0v) is 9.71. The fourth-order valence-corrected chi connectivity index (χ4v) is 1.80. The summed E-state index contributed by atoms with van der Waals surface area (Å²) in [6.07, 6.45) is 6.87. The molecule has 0 atom stereocenters. The molecule has 0 spiro atoms. The molecule has 0 fully saturated rings. The molecule has 0 saturated heterocycles. The highest BCUT2D eigenvalue weighted by molar-refractivity contribution is 5.55. The van der Waals surface area contributed by atoms with Crippen LogP contribution in [0, 0.1) is 0 Å². The standard InChI is InChI=1S/C10H10.C6H6O/c1-2-6-10-8-4-3-7-9(10)5-1;7-6-4-2-1-3-5-6/h1-3,5-7H,4,8H2;1-5,7H. The van der Waals surface area contributed by atoms with E-state index >= 15 is 0 Å². The maximum atomic E-state index is 8.63. The largest absolute Gasteiger partial charge is 0.508 e. The van der Waals surface area contributed by atoms with Gasteiger partial charge in [0.25, 0.3) is 0 Å². The van der Waals surface area contributed by atoms with Gasteiger partial charge in [-0.2, -0.15) is 0 Å². The van der Waals surface area contributed by atoms with Crippen LogP contribution in [0.25, 0.3) is 6.08 Å². The number of aryl methyl sites for hydroxylation is 1. The summed E-state index contributed by atoms with van der Waals surface area (Å²) in [5.74, 6) is 0.322. The predicted molar refractivity (Wildman–Crippen MR) is 71.9 cm³/mol. The molecule has 0 radical (unpaired) electrons. The number of phenols is 1. The molecule has 1 nitrogen and oxygen atoms in total. The Labute approximate surface area is 102 Å².